The zero-order valence-electron chi connectivity index (χ0n) is 11.9. The van der Waals surface area contributed by atoms with E-state index >= 15 is 0 Å². The number of rotatable bonds is 2. The van der Waals surface area contributed by atoms with Crippen LogP contribution in [0.4, 0.5) is 5.82 Å². The summed E-state index contributed by atoms with van der Waals surface area (Å²) < 4.78 is 1.62. The SMILES string of the molecule is Cc1nc2nc(-c3ccccc3)nn2c(N)c1-c1cccs1. The number of aryl methyl sites for hydroxylation is 1. The summed E-state index contributed by atoms with van der Waals surface area (Å²) >= 11 is 1.63. The van der Waals surface area contributed by atoms with Crippen LogP contribution in [0.5, 0.6) is 0 Å². The van der Waals surface area contributed by atoms with Crippen LogP contribution in [-0.4, -0.2) is 19.6 Å². The highest BCUT2D eigenvalue weighted by Gasteiger charge is 2.16. The first-order valence-electron chi connectivity index (χ1n) is 6.86. The quantitative estimate of drug-likeness (QED) is 0.616. The van der Waals surface area contributed by atoms with Crippen molar-refractivity contribution in [3.05, 3.63) is 53.5 Å². The number of hydrogen-bond acceptors (Lipinski definition) is 5. The molecule has 0 spiro atoms. The maximum absolute atomic E-state index is 6.33. The van der Waals surface area contributed by atoms with Gasteiger partial charge in [0.25, 0.3) is 5.78 Å². The van der Waals surface area contributed by atoms with Crippen LogP contribution in [-0.2, 0) is 0 Å². The van der Waals surface area contributed by atoms with Gasteiger partial charge in [0.2, 0.25) is 0 Å². The molecule has 5 nitrogen and oxygen atoms in total. The molecule has 0 atom stereocenters. The third kappa shape index (κ3) is 1.96. The summed E-state index contributed by atoms with van der Waals surface area (Å²) in [4.78, 5) is 10.1. The lowest BCUT2D eigenvalue weighted by atomic mass is 10.2. The molecule has 0 saturated carbocycles. The van der Waals surface area contributed by atoms with Gasteiger partial charge in [0.15, 0.2) is 5.82 Å². The minimum atomic E-state index is 0.522. The molecule has 4 aromatic rings. The normalized spacial score (nSPS) is 11.1. The fourth-order valence-corrected chi connectivity index (χ4v) is 3.30. The fourth-order valence-electron chi connectivity index (χ4n) is 2.47. The van der Waals surface area contributed by atoms with Gasteiger partial charge in [-0.25, -0.2) is 4.98 Å². The third-order valence-electron chi connectivity index (χ3n) is 3.50. The number of thiophene rings is 1. The number of nitrogens with two attached hydrogens (primary N) is 1. The van der Waals surface area contributed by atoms with E-state index in [0.717, 1.165) is 21.7 Å². The molecule has 2 N–H and O–H groups in total. The molecule has 0 radical (unpaired) electrons. The molecule has 6 heteroatoms. The third-order valence-corrected chi connectivity index (χ3v) is 4.39. The molecule has 108 valence electrons. The molecule has 3 heterocycles. The minimum absolute atomic E-state index is 0.522. The Kier molecular flexibility index (Phi) is 2.90. The van der Waals surface area contributed by atoms with Crippen molar-refractivity contribution in [1.29, 1.82) is 0 Å². The molecule has 4 rings (SSSR count). The summed E-state index contributed by atoms with van der Waals surface area (Å²) in [7, 11) is 0. The zero-order chi connectivity index (χ0) is 15.1. The van der Waals surface area contributed by atoms with Crippen LogP contribution >= 0.6 is 11.3 Å². The van der Waals surface area contributed by atoms with Gasteiger partial charge in [0.05, 0.1) is 11.3 Å². The van der Waals surface area contributed by atoms with Crippen molar-refractivity contribution >= 4 is 22.9 Å². The standard InChI is InChI=1S/C16H13N5S/c1-10-13(12-8-5-9-22-12)14(17)21-16(18-10)19-15(20-21)11-6-3-2-4-7-11/h2-9H,17H2,1H3. The van der Waals surface area contributed by atoms with Crippen molar-refractivity contribution in [3.63, 3.8) is 0 Å². The van der Waals surface area contributed by atoms with Gasteiger partial charge in [-0.2, -0.15) is 9.50 Å². The van der Waals surface area contributed by atoms with E-state index < -0.39 is 0 Å². The predicted molar refractivity (Wildman–Crippen MR) is 88.7 cm³/mol. The number of benzene rings is 1. The number of hydrogen-bond donors (Lipinski definition) is 1. The number of fused-ring (bicyclic) bond motifs is 1. The topological polar surface area (TPSA) is 69.1 Å². The van der Waals surface area contributed by atoms with Crippen LogP contribution in [0.3, 0.4) is 0 Å². The van der Waals surface area contributed by atoms with E-state index in [1.54, 1.807) is 15.9 Å². The molecule has 0 fully saturated rings. The van der Waals surface area contributed by atoms with Crippen molar-refractivity contribution in [2.24, 2.45) is 0 Å². The van der Waals surface area contributed by atoms with E-state index in [2.05, 4.69) is 15.1 Å². The molecule has 0 bridgehead atoms. The Morgan fingerprint density at radius 2 is 1.86 bits per heavy atom. The molecule has 0 saturated heterocycles. The van der Waals surface area contributed by atoms with Gasteiger partial charge in [0, 0.05) is 10.4 Å². The number of anilines is 1. The van der Waals surface area contributed by atoms with Gasteiger partial charge in [-0.05, 0) is 18.4 Å². The molecule has 0 aliphatic carbocycles. The molecule has 3 aromatic heterocycles. The first-order chi connectivity index (χ1) is 10.7. The largest absolute Gasteiger partial charge is 0.383 e. The van der Waals surface area contributed by atoms with Gasteiger partial charge in [-0.15, -0.1) is 16.4 Å². The summed E-state index contributed by atoms with van der Waals surface area (Å²) in [6.45, 7) is 1.95. The first kappa shape index (κ1) is 13.0. The summed E-state index contributed by atoms with van der Waals surface area (Å²) in [6.07, 6.45) is 0. The van der Waals surface area contributed by atoms with Crippen LogP contribution < -0.4 is 5.73 Å². The molecule has 22 heavy (non-hydrogen) atoms. The van der Waals surface area contributed by atoms with Crippen molar-refractivity contribution in [2.75, 3.05) is 5.73 Å². The minimum Gasteiger partial charge on any atom is -0.383 e. The highest BCUT2D eigenvalue weighted by Crippen LogP contribution is 2.32. The van der Waals surface area contributed by atoms with Crippen LogP contribution in [0.1, 0.15) is 5.69 Å². The average Bonchev–Trinajstić information content (AvgIpc) is 3.18. The van der Waals surface area contributed by atoms with Gasteiger partial charge in [0.1, 0.15) is 5.82 Å². The lowest BCUT2D eigenvalue weighted by Gasteiger charge is -2.07. The Labute approximate surface area is 131 Å². The summed E-state index contributed by atoms with van der Waals surface area (Å²) in [5, 5.41) is 6.54. The maximum Gasteiger partial charge on any atom is 0.254 e. The summed E-state index contributed by atoms with van der Waals surface area (Å²) in [5.41, 5.74) is 9.06. The van der Waals surface area contributed by atoms with Crippen LogP contribution in [0.2, 0.25) is 0 Å². The Bertz CT molecular complexity index is 942. The van der Waals surface area contributed by atoms with Gasteiger partial charge < -0.3 is 5.73 Å². The zero-order valence-corrected chi connectivity index (χ0v) is 12.7. The summed E-state index contributed by atoms with van der Waals surface area (Å²) in [6, 6.07) is 13.9. The van der Waals surface area contributed by atoms with E-state index in [-0.39, 0.29) is 0 Å². The van der Waals surface area contributed by atoms with Crippen molar-refractivity contribution in [3.8, 4) is 21.8 Å². The fraction of sp³-hybridized carbons (Fsp3) is 0.0625. The Hall–Kier alpha value is -2.73. The molecule has 0 amide bonds. The van der Waals surface area contributed by atoms with Crippen LogP contribution in [0.15, 0.2) is 47.8 Å². The van der Waals surface area contributed by atoms with Crippen LogP contribution in [0.25, 0.3) is 27.6 Å². The summed E-state index contributed by atoms with van der Waals surface area (Å²) in [5.74, 6) is 1.72. The monoisotopic (exact) mass is 307 g/mol. The molecule has 1 aromatic carbocycles. The second-order valence-corrected chi connectivity index (χ2v) is 5.90. The average molecular weight is 307 g/mol. The van der Waals surface area contributed by atoms with Gasteiger partial charge in [-0.1, -0.05) is 36.4 Å². The van der Waals surface area contributed by atoms with E-state index in [9.17, 15) is 0 Å². The van der Waals surface area contributed by atoms with Gasteiger partial charge in [-0.3, -0.25) is 0 Å². The highest BCUT2D eigenvalue weighted by molar-refractivity contribution is 7.13. The maximum atomic E-state index is 6.33. The van der Waals surface area contributed by atoms with Crippen LogP contribution in [0, 0.1) is 6.92 Å². The molecule has 0 unspecified atom stereocenters. The van der Waals surface area contributed by atoms with E-state index in [4.69, 9.17) is 5.73 Å². The van der Waals surface area contributed by atoms with E-state index in [1.165, 1.54) is 0 Å². The Balaban J connectivity index is 1.96. The Morgan fingerprint density at radius 3 is 2.59 bits per heavy atom. The molecular weight excluding hydrogens is 294 g/mol. The second-order valence-electron chi connectivity index (χ2n) is 4.95. The smallest absolute Gasteiger partial charge is 0.254 e. The molecular formula is C16H13N5S. The number of nitrogens with zero attached hydrogens (tertiary/aromatic N) is 4. The lowest BCUT2D eigenvalue weighted by Crippen LogP contribution is -2.05. The lowest BCUT2D eigenvalue weighted by molar-refractivity contribution is 0.948. The number of aromatic nitrogens is 4. The van der Waals surface area contributed by atoms with Crippen molar-refractivity contribution < 1.29 is 0 Å². The van der Waals surface area contributed by atoms with Gasteiger partial charge >= 0.3 is 0 Å². The predicted octanol–water partition coefficient (Wildman–Crippen LogP) is 3.41. The first-order valence-corrected chi connectivity index (χ1v) is 7.74. The van der Waals surface area contributed by atoms with Crippen molar-refractivity contribution in [1.82, 2.24) is 19.6 Å². The highest BCUT2D eigenvalue weighted by atomic mass is 32.1. The van der Waals surface area contributed by atoms with E-state index in [1.807, 2.05) is 54.8 Å². The molecule has 0 aliphatic heterocycles. The Morgan fingerprint density at radius 1 is 1.05 bits per heavy atom. The van der Waals surface area contributed by atoms with Crippen molar-refractivity contribution in [2.45, 2.75) is 6.92 Å². The number of nitrogen functional groups attached to an aromatic ring is 1. The molecule has 0 aliphatic rings. The second kappa shape index (κ2) is 4.92. The van der Waals surface area contributed by atoms with E-state index in [0.29, 0.717) is 17.4 Å².